The second-order valence-corrected chi connectivity index (χ2v) is 6.11. The second kappa shape index (κ2) is 8.31. The van der Waals surface area contributed by atoms with Gasteiger partial charge in [0.1, 0.15) is 18.1 Å². The Balaban J connectivity index is 1.30. The molecule has 0 unspecified atom stereocenters. The Morgan fingerprint density at radius 1 is 0.893 bits per heavy atom. The highest BCUT2D eigenvalue weighted by Gasteiger charge is 2.12. The summed E-state index contributed by atoms with van der Waals surface area (Å²) in [6.07, 6.45) is 3.04. The second-order valence-electron chi connectivity index (χ2n) is 6.11. The maximum Gasteiger partial charge on any atom is 0.336 e. The summed E-state index contributed by atoms with van der Waals surface area (Å²) < 4.78 is 21.6. The first kappa shape index (κ1) is 17.7. The number of carbonyl (C=O) groups excluding carboxylic acids is 1. The van der Waals surface area contributed by atoms with E-state index in [2.05, 4.69) is 0 Å². The third kappa shape index (κ3) is 4.51. The standard InChI is InChI=1S/C23H18O5/c24-23(13-7-17-6-12-21-22(14-17)27-16-26-21)28-20-10-8-19(9-11-20)25-15-18-4-2-1-3-5-18/h1-14H,15-16H2. The molecule has 140 valence electrons. The highest BCUT2D eigenvalue weighted by Crippen LogP contribution is 2.32. The van der Waals surface area contributed by atoms with Gasteiger partial charge in [0.05, 0.1) is 0 Å². The van der Waals surface area contributed by atoms with E-state index in [1.54, 1.807) is 30.3 Å². The van der Waals surface area contributed by atoms with Gasteiger partial charge in [-0.1, -0.05) is 36.4 Å². The average Bonchev–Trinajstić information content (AvgIpc) is 3.20. The van der Waals surface area contributed by atoms with Gasteiger partial charge in [0.15, 0.2) is 11.5 Å². The molecule has 3 aromatic rings. The van der Waals surface area contributed by atoms with Crippen molar-refractivity contribution in [2.75, 3.05) is 6.79 Å². The van der Waals surface area contributed by atoms with Gasteiger partial charge in [-0.05, 0) is 53.6 Å². The van der Waals surface area contributed by atoms with Crippen LogP contribution in [0, 0.1) is 0 Å². The zero-order valence-corrected chi connectivity index (χ0v) is 15.0. The number of esters is 1. The van der Waals surface area contributed by atoms with Crippen LogP contribution in [-0.4, -0.2) is 12.8 Å². The van der Waals surface area contributed by atoms with Crippen LogP contribution in [0.25, 0.3) is 6.08 Å². The number of benzene rings is 3. The molecule has 0 aromatic heterocycles. The van der Waals surface area contributed by atoms with Crippen molar-refractivity contribution >= 4 is 12.0 Å². The molecule has 0 saturated carbocycles. The first-order chi connectivity index (χ1) is 13.8. The largest absolute Gasteiger partial charge is 0.489 e. The molecule has 1 heterocycles. The van der Waals surface area contributed by atoms with Crippen LogP contribution < -0.4 is 18.9 Å². The van der Waals surface area contributed by atoms with Crippen LogP contribution in [-0.2, 0) is 11.4 Å². The number of carbonyl (C=O) groups is 1. The van der Waals surface area contributed by atoms with Crippen molar-refractivity contribution in [1.29, 1.82) is 0 Å². The summed E-state index contributed by atoms with van der Waals surface area (Å²) in [4.78, 5) is 12.0. The van der Waals surface area contributed by atoms with Gasteiger partial charge in [-0.15, -0.1) is 0 Å². The van der Waals surface area contributed by atoms with Crippen LogP contribution >= 0.6 is 0 Å². The average molecular weight is 374 g/mol. The van der Waals surface area contributed by atoms with Gasteiger partial charge in [-0.3, -0.25) is 0 Å². The number of rotatable bonds is 6. The fraction of sp³-hybridized carbons (Fsp3) is 0.0870. The molecule has 0 fully saturated rings. The van der Waals surface area contributed by atoms with E-state index in [9.17, 15) is 4.79 Å². The van der Waals surface area contributed by atoms with Crippen LogP contribution in [0.15, 0.2) is 78.9 Å². The lowest BCUT2D eigenvalue weighted by molar-refractivity contribution is -0.128. The SMILES string of the molecule is O=C(C=Cc1ccc2c(c1)OCO2)Oc1ccc(OCc2ccccc2)cc1. The van der Waals surface area contributed by atoms with Crippen molar-refractivity contribution < 1.29 is 23.7 Å². The smallest absolute Gasteiger partial charge is 0.336 e. The maximum atomic E-state index is 12.0. The Kier molecular flexibility index (Phi) is 5.24. The van der Waals surface area contributed by atoms with E-state index in [0.29, 0.717) is 29.6 Å². The van der Waals surface area contributed by atoms with Crippen molar-refractivity contribution in [3.05, 3.63) is 90.0 Å². The zero-order chi connectivity index (χ0) is 19.2. The third-order valence-corrected chi connectivity index (χ3v) is 4.10. The zero-order valence-electron chi connectivity index (χ0n) is 15.0. The van der Waals surface area contributed by atoms with Crippen LogP contribution in [0.5, 0.6) is 23.0 Å². The monoisotopic (exact) mass is 374 g/mol. The number of hydrogen-bond donors (Lipinski definition) is 0. The van der Waals surface area contributed by atoms with E-state index in [1.165, 1.54) is 6.08 Å². The Labute approximate surface area is 162 Å². The van der Waals surface area contributed by atoms with Crippen LogP contribution in [0.2, 0.25) is 0 Å². The molecule has 0 atom stereocenters. The molecule has 3 aromatic carbocycles. The molecule has 5 nitrogen and oxygen atoms in total. The third-order valence-electron chi connectivity index (χ3n) is 4.10. The van der Waals surface area contributed by atoms with Crippen LogP contribution in [0.1, 0.15) is 11.1 Å². The lowest BCUT2D eigenvalue weighted by Gasteiger charge is -2.07. The van der Waals surface area contributed by atoms with Crippen LogP contribution in [0.3, 0.4) is 0 Å². The molecular weight excluding hydrogens is 356 g/mol. The van der Waals surface area contributed by atoms with Gasteiger partial charge in [-0.25, -0.2) is 4.79 Å². The predicted octanol–water partition coefficient (Wildman–Crippen LogP) is 4.61. The fourth-order valence-electron chi connectivity index (χ4n) is 2.68. The van der Waals surface area contributed by atoms with E-state index < -0.39 is 5.97 Å². The topological polar surface area (TPSA) is 54.0 Å². The Morgan fingerprint density at radius 3 is 2.46 bits per heavy atom. The molecule has 0 N–H and O–H groups in total. The summed E-state index contributed by atoms with van der Waals surface area (Å²) in [5.74, 6) is 2.07. The molecule has 28 heavy (non-hydrogen) atoms. The molecule has 1 aliphatic heterocycles. The molecular formula is C23H18O5. The van der Waals surface area contributed by atoms with Gasteiger partial charge >= 0.3 is 5.97 Å². The van der Waals surface area contributed by atoms with E-state index in [4.69, 9.17) is 18.9 Å². The van der Waals surface area contributed by atoms with Crippen molar-refractivity contribution in [3.8, 4) is 23.0 Å². The molecule has 0 saturated heterocycles. The fourth-order valence-corrected chi connectivity index (χ4v) is 2.68. The van der Waals surface area contributed by atoms with Crippen LogP contribution in [0.4, 0.5) is 0 Å². The molecule has 0 bridgehead atoms. The quantitative estimate of drug-likeness (QED) is 0.358. The van der Waals surface area contributed by atoms with E-state index in [0.717, 1.165) is 11.1 Å². The number of fused-ring (bicyclic) bond motifs is 1. The molecule has 0 radical (unpaired) electrons. The number of hydrogen-bond acceptors (Lipinski definition) is 5. The van der Waals surface area contributed by atoms with Gasteiger partial charge in [0, 0.05) is 6.08 Å². The van der Waals surface area contributed by atoms with Crippen molar-refractivity contribution in [2.24, 2.45) is 0 Å². The normalized spacial score (nSPS) is 12.1. The summed E-state index contributed by atoms with van der Waals surface area (Å²) in [5, 5.41) is 0. The Morgan fingerprint density at radius 2 is 1.64 bits per heavy atom. The van der Waals surface area contributed by atoms with E-state index >= 15 is 0 Å². The molecule has 0 aliphatic carbocycles. The van der Waals surface area contributed by atoms with Gasteiger partial charge in [0.25, 0.3) is 0 Å². The van der Waals surface area contributed by atoms with E-state index in [-0.39, 0.29) is 6.79 Å². The summed E-state index contributed by atoms with van der Waals surface area (Å²) in [5.41, 5.74) is 1.91. The minimum atomic E-state index is -0.462. The Hall–Kier alpha value is -3.73. The predicted molar refractivity (Wildman–Crippen MR) is 104 cm³/mol. The molecule has 4 rings (SSSR count). The highest BCUT2D eigenvalue weighted by molar-refractivity contribution is 5.88. The summed E-state index contributed by atoms with van der Waals surface area (Å²) in [6.45, 7) is 0.702. The van der Waals surface area contributed by atoms with E-state index in [1.807, 2.05) is 48.5 Å². The molecule has 5 heteroatoms. The summed E-state index contributed by atoms with van der Waals surface area (Å²) in [6, 6.07) is 22.3. The summed E-state index contributed by atoms with van der Waals surface area (Å²) in [7, 11) is 0. The van der Waals surface area contributed by atoms with Gasteiger partial charge in [0.2, 0.25) is 6.79 Å². The minimum absolute atomic E-state index is 0.218. The molecule has 1 aliphatic rings. The van der Waals surface area contributed by atoms with Crippen molar-refractivity contribution in [3.63, 3.8) is 0 Å². The maximum absolute atomic E-state index is 12.0. The lowest BCUT2D eigenvalue weighted by atomic mass is 10.2. The summed E-state index contributed by atoms with van der Waals surface area (Å²) >= 11 is 0. The molecule has 0 amide bonds. The van der Waals surface area contributed by atoms with Gasteiger partial charge in [-0.2, -0.15) is 0 Å². The highest BCUT2D eigenvalue weighted by atomic mass is 16.7. The van der Waals surface area contributed by atoms with Gasteiger partial charge < -0.3 is 18.9 Å². The number of ether oxygens (including phenoxy) is 4. The van der Waals surface area contributed by atoms with Crippen molar-refractivity contribution in [1.82, 2.24) is 0 Å². The minimum Gasteiger partial charge on any atom is -0.489 e. The molecule has 0 spiro atoms. The first-order valence-electron chi connectivity index (χ1n) is 8.83. The lowest BCUT2D eigenvalue weighted by Crippen LogP contribution is -2.03. The first-order valence-corrected chi connectivity index (χ1v) is 8.83. The van der Waals surface area contributed by atoms with Crippen molar-refractivity contribution in [2.45, 2.75) is 6.61 Å². The Bertz CT molecular complexity index is 978.